The maximum absolute atomic E-state index is 4.93. The highest BCUT2D eigenvalue weighted by Crippen LogP contribution is 2.32. The molecule has 26 heavy (non-hydrogen) atoms. The second kappa shape index (κ2) is 6.21. The van der Waals surface area contributed by atoms with Crippen molar-refractivity contribution in [1.82, 2.24) is 24.6 Å². The van der Waals surface area contributed by atoms with Crippen LogP contribution in [0.2, 0.25) is 0 Å². The molecule has 0 radical (unpaired) electrons. The van der Waals surface area contributed by atoms with Gasteiger partial charge in [-0.25, -0.2) is 9.97 Å². The second-order valence-corrected chi connectivity index (χ2v) is 7.41. The fraction of sp³-hybridized carbons (Fsp3) is 0.333. The van der Waals surface area contributed by atoms with Crippen LogP contribution in [0.3, 0.4) is 0 Å². The van der Waals surface area contributed by atoms with E-state index in [2.05, 4.69) is 50.1 Å². The van der Waals surface area contributed by atoms with Gasteiger partial charge in [0.05, 0.1) is 10.2 Å². The predicted octanol–water partition coefficient (Wildman–Crippen LogP) is 2.62. The third-order valence-corrected chi connectivity index (χ3v) is 6.00. The van der Waals surface area contributed by atoms with E-state index in [0.717, 1.165) is 54.7 Å². The maximum atomic E-state index is 4.93. The molecule has 8 heteroatoms. The number of benzene rings is 1. The molecular formula is C18H19N7S. The highest BCUT2D eigenvalue weighted by atomic mass is 32.1. The predicted molar refractivity (Wildman–Crippen MR) is 104 cm³/mol. The summed E-state index contributed by atoms with van der Waals surface area (Å²) in [6.45, 7) is 5.84. The molecule has 0 saturated carbocycles. The standard InChI is InChI=1S/C18H19N7S/c1-2-13-4-3-5-14-15(13)21-18(26-14)24-10-8-23(9-11-24)16-17-22-20-12-25(17)7-6-19-16/h3-7,12H,2,8-11H2,1H3. The molecule has 4 aromatic rings. The number of para-hydroxylation sites is 1. The van der Waals surface area contributed by atoms with Gasteiger partial charge in [0.2, 0.25) is 5.65 Å². The molecule has 0 bridgehead atoms. The first-order chi connectivity index (χ1) is 12.8. The minimum absolute atomic E-state index is 0.813. The summed E-state index contributed by atoms with van der Waals surface area (Å²) in [6.07, 6.45) is 6.41. The number of piperazine rings is 1. The Morgan fingerprint density at radius 3 is 2.81 bits per heavy atom. The van der Waals surface area contributed by atoms with E-state index in [-0.39, 0.29) is 0 Å². The van der Waals surface area contributed by atoms with Gasteiger partial charge in [0, 0.05) is 38.6 Å². The summed E-state index contributed by atoms with van der Waals surface area (Å²) < 4.78 is 3.19. The average Bonchev–Trinajstić information content (AvgIpc) is 3.34. The number of hydrogen-bond donors (Lipinski definition) is 0. The van der Waals surface area contributed by atoms with E-state index in [1.165, 1.54) is 10.3 Å². The molecule has 0 unspecified atom stereocenters. The number of hydrogen-bond acceptors (Lipinski definition) is 7. The molecule has 5 rings (SSSR count). The SMILES string of the molecule is CCc1cccc2sc(N3CCN(c4nccn5cnnc45)CC3)nc12. The lowest BCUT2D eigenvalue weighted by Crippen LogP contribution is -2.47. The summed E-state index contributed by atoms with van der Waals surface area (Å²) in [5, 5.41) is 9.31. The molecule has 1 aliphatic rings. The fourth-order valence-electron chi connectivity index (χ4n) is 3.49. The van der Waals surface area contributed by atoms with Gasteiger partial charge in [0.15, 0.2) is 10.9 Å². The van der Waals surface area contributed by atoms with E-state index in [9.17, 15) is 0 Å². The number of thiazole rings is 1. The largest absolute Gasteiger partial charge is 0.350 e. The molecule has 0 aliphatic carbocycles. The van der Waals surface area contributed by atoms with Crippen LogP contribution in [0.5, 0.6) is 0 Å². The van der Waals surface area contributed by atoms with E-state index in [0.29, 0.717) is 0 Å². The van der Waals surface area contributed by atoms with Crippen LogP contribution in [0.15, 0.2) is 36.9 Å². The Bertz CT molecular complexity index is 1060. The van der Waals surface area contributed by atoms with Crippen molar-refractivity contribution in [2.75, 3.05) is 36.0 Å². The van der Waals surface area contributed by atoms with Crippen molar-refractivity contribution in [1.29, 1.82) is 0 Å². The van der Waals surface area contributed by atoms with Crippen molar-refractivity contribution in [2.24, 2.45) is 0 Å². The molecule has 0 spiro atoms. The van der Waals surface area contributed by atoms with Crippen molar-refractivity contribution in [3.63, 3.8) is 0 Å². The number of nitrogens with zero attached hydrogens (tertiary/aromatic N) is 7. The summed E-state index contributed by atoms with van der Waals surface area (Å²) in [5.41, 5.74) is 3.30. The third kappa shape index (κ3) is 2.48. The van der Waals surface area contributed by atoms with Gasteiger partial charge < -0.3 is 9.80 Å². The van der Waals surface area contributed by atoms with Crippen LogP contribution in [-0.2, 0) is 6.42 Å². The number of fused-ring (bicyclic) bond motifs is 2. The first kappa shape index (κ1) is 15.5. The van der Waals surface area contributed by atoms with Crippen LogP contribution in [-0.4, -0.2) is 50.7 Å². The van der Waals surface area contributed by atoms with E-state index in [1.807, 2.05) is 10.6 Å². The van der Waals surface area contributed by atoms with Crippen LogP contribution >= 0.6 is 11.3 Å². The van der Waals surface area contributed by atoms with Gasteiger partial charge in [-0.2, -0.15) is 0 Å². The summed E-state index contributed by atoms with van der Waals surface area (Å²) in [6, 6.07) is 6.47. The van der Waals surface area contributed by atoms with Crippen LogP contribution < -0.4 is 9.80 Å². The fourth-order valence-corrected chi connectivity index (χ4v) is 4.56. The third-order valence-electron chi connectivity index (χ3n) is 4.92. The molecule has 4 heterocycles. The van der Waals surface area contributed by atoms with E-state index in [4.69, 9.17) is 4.98 Å². The van der Waals surface area contributed by atoms with Crippen molar-refractivity contribution >= 4 is 38.2 Å². The summed E-state index contributed by atoms with van der Waals surface area (Å²) >= 11 is 1.79. The summed E-state index contributed by atoms with van der Waals surface area (Å²) in [4.78, 5) is 14.1. The zero-order valence-electron chi connectivity index (χ0n) is 14.5. The number of aromatic nitrogens is 5. The second-order valence-electron chi connectivity index (χ2n) is 6.40. The van der Waals surface area contributed by atoms with E-state index >= 15 is 0 Å². The van der Waals surface area contributed by atoms with Crippen molar-refractivity contribution < 1.29 is 0 Å². The Kier molecular flexibility index (Phi) is 3.70. The van der Waals surface area contributed by atoms with Crippen LogP contribution in [0.1, 0.15) is 12.5 Å². The molecule has 3 aromatic heterocycles. The van der Waals surface area contributed by atoms with Gasteiger partial charge in [-0.15, -0.1) is 10.2 Å². The number of rotatable bonds is 3. The Morgan fingerprint density at radius 2 is 1.96 bits per heavy atom. The molecule has 0 N–H and O–H groups in total. The van der Waals surface area contributed by atoms with E-state index in [1.54, 1.807) is 23.9 Å². The van der Waals surface area contributed by atoms with Gasteiger partial charge in [0.1, 0.15) is 6.33 Å². The summed E-state index contributed by atoms with van der Waals surface area (Å²) in [7, 11) is 0. The molecule has 1 aliphatic heterocycles. The molecule has 1 fully saturated rings. The lowest BCUT2D eigenvalue weighted by Gasteiger charge is -2.35. The monoisotopic (exact) mass is 365 g/mol. The topological polar surface area (TPSA) is 62.5 Å². The highest BCUT2D eigenvalue weighted by Gasteiger charge is 2.23. The van der Waals surface area contributed by atoms with Gasteiger partial charge in [0.25, 0.3) is 0 Å². The molecule has 1 aromatic carbocycles. The summed E-state index contributed by atoms with van der Waals surface area (Å²) in [5.74, 6) is 0.905. The van der Waals surface area contributed by atoms with Crippen molar-refractivity contribution in [2.45, 2.75) is 13.3 Å². The Balaban J connectivity index is 1.38. The van der Waals surface area contributed by atoms with Crippen LogP contribution in [0.4, 0.5) is 10.9 Å². The van der Waals surface area contributed by atoms with E-state index < -0.39 is 0 Å². The molecule has 7 nitrogen and oxygen atoms in total. The van der Waals surface area contributed by atoms with Gasteiger partial charge in [-0.3, -0.25) is 4.40 Å². The lowest BCUT2D eigenvalue weighted by atomic mass is 10.1. The Labute approximate surface area is 154 Å². The molecular weight excluding hydrogens is 346 g/mol. The van der Waals surface area contributed by atoms with Crippen LogP contribution in [0, 0.1) is 0 Å². The minimum Gasteiger partial charge on any atom is -0.350 e. The number of aryl methyl sites for hydroxylation is 1. The smallest absolute Gasteiger partial charge is 0.203 e. The van der Waals surface area contributed by atoms with Gasteiger partial charge in [-0.1, -0.05) is 30.4 Å². The van der Waals surface area contributed by atoms with Crippen molar-refractivity contribution in [3.05, 3.63) is 42.5 Å². The first-order valence-corrected chi connectivity index (χ1v) is 9.68. The van der Waals surface area contributed by atoms with Crippen molar-refractivity contribution in [3.8, 4) is 0 Å². The molecule has 0 amide bonds. The Hall–Kier alpha value is -2.74. The normalized spacial score (nSPS) is 15.3. The molecule has 0 atom stereocenters. The molecule has 132 valence electrons. The number of anilines is 2. The van der Waals surface area contributed by atoms with Crippen LogP contribution in [0.25, 0.3) is 15.9 Å². The maximum Gasteiger partial charge on any atom is 0.203 e. The highest BCUT2D eigenvalue weighted by molar-refractivity contribution is 7.22. The average molecular weight is 365 g/mol. The zero-order chi connectivity index (χ0) is 17.5. The zero-order valence-corrected chi connectivity index (χ0v) is 15.4. The molecule has 1 saturated heterocycles. The van der Waals surface area contributed by atoms with Gasteiger partial charge in [-0.05, 0) is 18.1 Å². The quantitative estimate of drug-likeness (QED) is 0.556. The lowest BCUT2D eigenvalue weighted by molar-refractivity contribution is 0.646. The van der Waals surface area contributed by atoms with Gasteiger partial charge >= 0.3 is 0 Å². The Morgan fingerprint density at radius 1 is 1.12 bits per heavy atom. The first-order valence-electron chi connectivity index (χ1n) is 8.86. The minimum atomic E-state index is 0.813.